The standard InChI is InChI=1S/C27H25N5O3/c1-35-27(34)24-14-29-32(25(24)28)23-11-8-19(9-12-23)26(33)30-22-10-7-20-16-31(17-21(20)13-22)15-18-5-3-2-4-6-18/h2-14H,15-17,28H2,1H3,(H,30,33). The average Bonchev–Trinajstić information content (AvgIpc) is 3.46. The smallest absolute Gasteiger partial charge is 0.343 e. The molecule has 35 heavy (non-hydrogen) atoms. The second kappa shape index (κ2) is 9.44. The van der Waals surface area contributed by atoms with Crippen LogP contribution in [0.1, 0.15) is 37.4 Å². The van der Waals surface area contributed by atoms with Crippen molar-refractivity contribution in [2.75, 3.05) is 18.2 Å². The number of nitrogen functional groups attached to an aromatic ring is 1. The minimum absolute atomic E-state index is 0.175. The van der Waals surface area contributed by atoms with Crippen molar-refractivity contribution in [1.29, 1.82) is 0 Å². The highest BCUT2D eigenvalue weighted by Crippen LogP contribution is 2.27. The molecule has 0 saturated carbocycles. The number of esters is 1. The number of ether oxygens (including phenoxy) is 1. The molecule has 2 heterocycles. The molecule has 0 radical (unpaired) electrons. The van der Waals surface area contributed by atoms with Crippen LogP contribution in [0.5, 0.6) is 0 Å². The molecule has 8 nitrogen and oxygen atoms in total. The van der Waals surface area contributed by atoms with Gasteiger partial charge in [-0.05, 0) is 53.1 Å². The molecule has 1 aliphatic rings. The summed E-state index contributed by atoms with van der Waals surface area (Å²) in [5.41, 5.74) is 11.9. The fraction of sp³-hybridized carbons (Fsp3) is 0.148. The topological polar surface area (TPSA) is 102 Å². The van der Waals surface area contributed by atoms with Crippen LogP contribution in [0, 0.1) is 0 Å². The second-order valence-electron chi connectivity index (χ2n) is 8.46. The third-order valence-corrected chi connectivity index (χ3v) is 6.09. The summed E-state index contributed by atoms with van der Waals surface area (Å²) in [6, 6.07) is 23.3. The van der Waals surface area contributed by atoms with Gasteiger partial charge in [-0.2, -0.15) is 5.10 Å². The lowest BCUT2D eigenvalue weighted by Gasteiger charge is -2.14. The summed E-state index contributed by atoms with van der Waals surface area (Å²) in [5.74, 6) is -0.588. The number of nitrogens with zero attached hydrogens (tertiary/aromatic N) is 3. The number of nitrogens with one attached hydrogen (secondary N) is 1. The molecular weight excluding hydrogens is 442 g/mol. The number of benzene rings is 3. The van der Waals surface area contributed by atoms with Gasteiger partial charge in [0.2, 0.25) is 0 Å². The average molecular weight is 468 g/mol. The second-order valence-corrected chi connectivity index (χ2v) is 8.46. The number of nitrogens with two attached hydrogens (primary N) is 1. The van der Waals surface area contributed by atoms with Gasteiger partial charge in [-0.1, -0.05) is 36.4 Å². The van der Waals surface area contributed by atoms with Crippen LogP contribution in [0.15, 0.2) is 79.0 Å². The molecule has 0 spiro atoms. The van der Waals surface area contributed by atoms with Crippen LogP contribution in [0.4, 0.5) is 11.5 Å². The number of hydrogen-bond donors (Lipinski definition) is 2. The fourth-order valence-electron chi connectivity index (χ4n) is 4.28. The van der Waals surface area contributed by atoms with Crippen molar-refractivity contribution in [3.05, 3.63) is 107 Å². The Balaban J connectivity index is 1.25. The largest absolute Gasteiger partial charge is 0.465 e. The lowest BCUT2D eigenvalue weighted by Crippen LogP contribution is -2.15. The van der Waals surface area contributed by atoms with E-state index in [9.17, 15) is 9.59 Å². The Morgan fingerprint density at radius 2 is 1.74 bits per heavy atom. The highest BCUT2D eigenvalue weighted by molar-refractivity contribution is 6.04. The minimum Gasteiger partial charge on any atom is -0.465 e. The lowest BCUT2D eigenvalue weighted by atomic mass is 10.1. The summed E-state index contributed by atoms with van der Waals surface area (Å²) in [5, 5.41) is 7.13. The molecule has 176 valence electrons. The number of rotatable bonds is 6. The quantitative estimate of drug-likeness (QED) is 0.416. The van der Waals surface area contributed by atoms with Crippen molar-refractivity contribution in [1.82, 2.24) is 14.7 Å². The maximum atomic E-state index is 12.8. The number of carbonyl (C=O) groups excluding carboxylic acids is 2. The van der Waals surface area contributed by atoms with E-state index < -0.39 is 5.97 Å². The molecule has 1 aromatic heterocycles. The first-order chi connectivity index (χ1) is 17.0. The molecule has 0 unspecified atom stereocenters. The summed E-state index contributed by atoms with van der Waals surface area (Å²) in [4.78, 5) is 27.0. The van der Waals surface area contributed by atoms with Gasteiger partial charge in [0.25, 0.3) is 5.91 Å². The first-order valence-corrected chi connectivity index (χ1v) is 11.2. The Kier molecular flexibility index (Phi) is 6.03. The van der Waals surface area contributed by atoms with Crippen LogP contribution in [-0.2, 0) is 24.4 Å². The Bertz CT molecular complexity index is 1380. The van der Waals surface area contributed by atoms with Gasteiger partial charge in [0.15, 0.2) is 0 Å². The Labute approximate surface area is 202 Å². The maximum Gasteiger partial charge on any atom is 0.343 e. The van der Waals surface area contributed by atoms with Crippen LogP contribution in [0.3, 0.4) is 0 Å². The molecule has 1 amide bonds. The third kappa shape index (κ3) is 4.64. The third-order valence-electron chi connectivity index (χ3n) is 6.09. The van der Waals surface area contributed by atoms with Crippen molar-refractivity contribution in [2.24, 2.45) is 0 Å². The highest BCUT2D eigenvalue weighted by atomic mass is 16.5. The summed E-state index contributed by atoms with van der Waals surface area (Å²) in [7, 11) is 1.29. The number of amides is 1. The van der Waals surface area contributed by atoms with E-state index in [1.807, 2.05) is 18.2 Å². The van der Waals surface area contributed by atoms with Crippen molar-refractivity contribution in [3.8, 4) is 5.69 Å². The van der Waals surface area contributed by atoms with E-state index in [0.29, 0.717) is 11.3 Å². The highest BCUT2D eigenvalue weighted by Gasteiger charge is 2.20. The van der Waals surface area contributed by atoms with Gasteiger partial charge in [-0.3, -0.25) is 9.69 Å². The van der Waals surface area contributed by atoms with Crippen LogP contribution in [0.25, 0.3) is 5.69 Å². The summed E-state index contributed by atoms with van der Waals surface area (Å²) in [6.45, 7) is 2.64. The van der Waals surface area contributed by atoms with E-state index in [2.05, 4.69) is 45.6 Å². The van der Waals surface area contributed by atoms with Gasteiger partial charge in [0, 0.05) is 30.9 Å². The zero-order valence-electron chi connectivity index (χ0n) is 19.3. The summed E-state index contributed by atoms with van der Waals surface area (Å²) >= 11 is 0. The summed E-state index contributed by atoms with van der Waals surface area (Å²) in [6.07, 6.45) is 1.36. The molecule has 0 saturated heterocycles. The molecule has 0 fully saturated rings. The van der Waals surface area contributed by atoms with Crippen LogP contribution >= 0.6 is 0 Å². The molecule has 8 heteroatoms. The van der Waals surface area contributed by atoms with Crippen molar-refractivity contribution in [2.45, 2.75) is 19.6 Å². The molecule has 0 atom stereocenters. The van der Waals surface area contributed by atoms with Crippen molar-refractivity contribution in [3.63, 3.8) is 0 Å². The molecule has 1 aliphatic heterocycles. The van der Waals surface area contributed by atoms with E-state index in [0.717, 1.165) is 25.3 Å². The number of carbonyl (C=O) groups is 2. The number of aromatic nitrogens is 2. The van der Waals surface area contributed by atoms with Gasteiger partial charge in [0.05, 0.1) is 19.0 Å². The first-order valence-electron chi connectivity index (χ1n) is 11.2. The monoisotopic (exact) mass is 467 g/mol. The molecule has 4 aromatic rings. The zero-order valence-corrected chi connectivity index (χ0v) is 19.3. The van der Waals surface area contributed by atoms with Crippen LogP contribution in [-0.4, -0.2) is 33.7 Å². The van der Waals surface area contributed by atoms with E-state index in [1.165, 1.54) is 34.7 Å². The lowest BCUT2D eigenvalue weighted by molar-refractivity contribution is 0.0602. The number of fused-ring (bicyclic) bond motifs is 1. The number of methoxy groups -OCH3 is 1. The summed E-state index contributed by atoms with van der Waals surface area (Å²) < 4.78 is 6.13. The molecule has 0 aliphatic carbocycles. The molecular formula is C27H25N5O3. The van der Waals surface area contributed by atoms with Gasteiger partial charge in [-0.25, -0.2) is 9.48 Å². The maximum absolute atomic E-state index is 12.8. The zero-order chi connectivity index (χ0) is 24.4. The predicted molar refractivity (Wildman–Crippen MR) is 133 cm³/mol. The van der Waals surface area contributed by atoms with E-state index >= 15 is 0 Å². The normalized spacial score (nSPS) is 12.8. The van der Waals surface area contributed by atoms with E-state index in [-0.39, 0.29) is 17.3 Å². The Morgan fingerprint density at radius 3 is 2.49 bits per heavy atom. The minimum atomic E-state index is -0.553. The molecule has 0 bridgehead atoms. The fourth-order valence-corrected chi connectivity index (χ4v) is 4.28. The van der Waals surface area contributed by atoms with Gasteiger partial charge >= 0.3 is 5.97 Å². The van der Waals surface area contributed by atoms with Gasteiger partial charge in [0.1, 0.15) is 11.4 Å². The predicted octanol–water partition coefficient (Wildman–Crippen LogP) is 4.01. The van der Waals surface area contributed by atoms with Crippen molar-refractivity contribution < 1.29 is 14.3 Å². The van der Waals surface area contributed by atoms with Crippen LogP contribution in [0.2, 0.25) is 0 Å². The molecule has 3 N–H and O–H groups in total. The van der Waals surface area contributed by atoms with Crippen molar-refractivity contribution >= 4 is 23.4 Å². The Hall–Kier alpha value is -4.43. The van der Waals surface area contributed by atoms with Crippen LogP contribution < -0.4 is 11.1 Å². The molecule has 5 rings (SSSR count). The SMILES string of the molecule is COC(=O)c1cnn(-c2ccc(C(=O)Nc3ccc4c(c3)CN(Cc3ccccc3)C4)cc2)c1N. The van der Waals surface area contributed by atoms with E-state index in [4.69, 9.17) is 10.5 Å². The van der Waals surface area contributed by atoms with Gasteiger partial charge < -0.3 is 15.8 Å². The van der Waals surface area contributed by atoms with Gasteiger partial charge in [-0.15, -0.1) is 0 Å². The number of hydrogen-bond acceptors (Lipinski definition) is 6. The Morgan fingerprint density at radius 1 is 1.00 bits per heavy atom. The molecule has 3 aromatic carbocycles. The van der Waals surface area contributed by atoms with E-state index in [1.54, 1.807) is 24.3 Å². The number of anilines is 2. The first kappa shape index (κ1) is 22.4.